The summed E-state index contributed by atoms with van der Waals surface area (Å²) >= 11 is 3.70. The number of hydrogen-bond acceptors (Lipinski definition) is 2. The largest absolute Gasteiger partial charge is 0.324 e. The molecule has 0 aromatic carbocycles. The number of aromatic nitrogens is 2. The van der Waals surface area contributed by atoms with Gasteiger partial charge in [-0.3, -0.25) is 4.68 Å². The Hall–Kier alpha value is -0.610. The molecule has 0 saturated heterocycles. The number of nitrogens with two attached hydrogens (primary N) is 1. The minimum absolute atomic E-state index is 0.246. The summed E-state index contributed by atoms with van der Waals surface area (Å²) in [4.78, 5) is 0. The molecule has 2 rings (SSSR count). The van der Waals surface area contributed by atoms with Gasteiger partial charge in [0.15, 0.2) is 0 Å². The number of aryl methyl sites for hydroxylation is 2. The fourth-order valence-electron chi connectivity index (χ4n) is 2.58. The molecule has 1 aliphatic rings. The van der Waals surface area contributed by atoms with Crippen LogP contribution < -0.4 is 5.73 Å². The van der Waals surface area contributed by atoms with E-state index in [1.165, 1.54) is 28.6 Å². The van der Waals surface area contributed by atoms with Crippen molar-refractivity contribution in [2.45, 2.75) is 58.5 Å². The van der Waals surface area contributed by atoms with Gasteiger partial charge in [0.1, 0.15) is 0 Å². The lowest BCUT2D eigenvalue weighted by Gasteiger charge is -2.18. The third-order valence-corrected chi connectivity index (χ3v) is 4.49. The third-order valence-electron chi connectivity index (χ3n) is 3.57. The Morgan fingerprint density at radius 2 is 2.28 bits per heavy atom. The molecule has 0 radical (unpaired) electrons. The lowest BCUT2D eigenvalue weighted by molar-refractivity contribution is 0.592. The maximum absolute atomic E-state index is 6.01. The van der Waals surface area contributed by atoms with Gasteiger partial charge in [-0.05, 0) is 48.5 Å². The Morgan fingerprint density at radius 1 is 1.50 bits per heavy atom. The molecule has 0 amide bonds. The zero-order valence-electron chi connectivity index (χ0n) is 11.2. The standard InChI is InChI=1S/C14H22BrN3/c1-3-12-14(15)13(18(4-2)17-12)9-10-6-5-7-11(16)8-10/h8,11H,3-7,9,16H2,1-2H3. The van der Waals surface area contributed by atoms with Gasteiger partial charge in [0.05, 0.1) is 15.9 Å². The fraction of sp³-hybridized carbons (Fsp3) is 0.643. The van der Waals surface area contributed by atoms with Crippen LogP contribution in [-0.2, 0) is 19.4 Å². The zero-order chi connectivity index (χ0) is 13.1. The molecule has 1 atom stereocenters. The number of allylic oxidation sites excluding steroid dienone is 1. The van der Waals surface area contributed by atoms with Gasteiger partial charge in [-0.15, -0.1) is 0 Å². The Labute approximate surface area is 118 Å². The summed E-state index contributed by atoms with van der Waals surface area (Å²) < 4.78 is 3.30. The van der Waals surface area contributed by atoms with E-state index in [1.807, 2.05) is 0 Å². The summed E-state index contributed by atoms with van der Waals surface area (Å²) in [6.45, 7) is 5.21. The zero-order valence-corrected chi connectivity index (χ0v) is 12.8. The van der Waals surface area contributed by atoms with Crippen molar-refractivity contribution in [3.63, 3.8) is 0 Å². The number of nitrogens with zero attached hydrogens (tertiary/aromatic N) is 2. The van der Waals surface area contributed by atoms with Crippen molar-refractivity contribution in [1.29, 1.82) is 0 Å². The van der Waals surface area contributed by atoms with Gasteiger partial charge >= 0.3 is 0 Å². The predicted molar refractivity (Wildman–Crippen MR) is 78.6 cm³/mol. The lowest BCUT2D eigenvalue weighted by Crippen LogP contribution is -2.21. The number of hydrogen-bond donors (Lipinski definition) is 1. The van der Waals surface area contributed by atoms with E-state index in [2.05, 4.69) is 45.6 Å². The molecule has 1 aromatic rings. The van der Waals surface area contributed by atoms with Crippen LogP contribution in [0.1, 0.15) is 44.5 Å². The van der Waals surface area contributed by atoms with E-state index in [0.29, 0.717) is 0 Å². The Bertz CT molecular complexity index is 448. The van der Waals surface area contributed by atoms with Crippen LogP contribution in [0.4, 0.5) is 0 Å². The van der Waals surface area contributed by atoms with E-state index in [-0.39, 0.29) is 6.04 Å². The fourth-order valence-corrected chi connectivity index (χ4v) is 3.29. The van der Waals surface area contributed by atoms with Gasteiger partial charge < -0.3 is 5.73 Å². The van der Waals surface area contributed by atoms with Crippen LogP contribution in [0, 0.1) is 0 Å². The molecule has 0 spiro atoms. The van der Waals surface area contributed by atoms with Gasteiger partial charge in [0, 0.05) is 19.0 Å². The molecular weight excluding hydrogens is 290 g/mol. The molecule has 0 saturated carbocycles. The number of halogens is 1. The molecule has 0 bridgehead atoms. The van der Waals surface area contributed by atoms with E-state index in [1.54, 1.807) is 0 Å². The van der Waals surface area contributed by atoms with E-state index in [0.717, 1.165) is 31.5 Å². The summed E-state index contributed by atoms with van der Waals surface area (Å²) in [7, 11) is 0. The van der Waals surface area contributed by atoms with Crippen molar-refractivity contribution in [3.8, 4) is 0 Å². The first-order valence-corrected chi connectivity index (χ1v) is 7.64. The number of rotatable bonds is 4. The average Bonchev–Trinajstić information content (AvgIpc) is 2.66. The molecule has 1 aromatic heterocycles. The lowest BCUT2D eigenvalue weighted by atomic mass is 9.93. The van der Waals surface area contributed by atoms with Crippen molar-refractivity contribution in [3.05, 3.63) is 27.5 Å². The SMILES string of the molecule is CCc1nn(CC)c(CC2=CC(N)CCC2)c1Br. The molecule has 0 aliphatic heterocycles. The van der Waals surface area contributed by atoms with Crippen LogP contribution in [0.2, 0.25) is 0 Å². The monoisotopic (exact) mass is 311 g/mol. The summed E-state index contributed by atoms with van der Waals surface area (Å²) in [6, 6.07) is 0.246. The second kappa shape index (κ2) is 6.02. The van der Waals surface area contributed by atoms with Gasteiger partial charge in [-0.2, -0.15) is 5.10 Å². The summed E-state index contributed by atoms with van der Waals surface area (Å²) in [5.41, 5.74) is 9.93. The molecular formula is C14H22BrN3. The minimum atomic E-state index is 0.246. The molecule has 18 heavy (non-hydrogen) atoms. The van der Waals surface area contributed by atoms with Crippen LogP contribution in [0.5, 0.6) is 0 Å². The smallest absolute Gasteiger partial charge is 0.0766 e. The molecule has 1 unspecified atom stereocenters. The Kier molecular flexibility index (Phi) is 4.62. The molecule has 0 fully saturated rings. The first-order valence-electron chi connectivity index (χ1n) is 6.84. The first kappa shape index (κ1) is 13.8. The summed E-state index contributed by atoms with van der Waals surface area (Å²) in [5.74, 6) is 0. The maximum atomic E-state index is 6.01. The highest BCUT2D eigenvalue weighted by molar-refractivity contribution is 9.10. The van der Waals surface area contributed by atoms with Crippen LogP contribution in [0.25, 0.3) is 0 Å². The normalized spacial score (nSPS) is 20.0. The molecule has 1 heterocycles. The highest BCUT2D eigenvalue weighted by Gasteiger charge is 2.17. The Morgan fingerprint density at radius 3 is 2.89 bits per heavy atom. The van der Waals surface area contributed by atoms with Crippen LogP contribution in [0.15, 0.2) is 16.1 Å². The van der Waals surface area contributed by atoms with Crippen LogP contribution in [-0.4, -0.2) is 15.8 Å². The van der Waals surface area contributed by atoms with E-state index >= 15 is 0 Å². The molecule has 1 aliphatic carbocycles. The predicted octanol–water partition coefficient (Wildman–Crippen LogP) is 3.21. The average molecular weight is 312 g/mol. The third kappa shape index (κ3) is 2.86. The highest BCUT2D eigenvalue weighted by atomic mass is 79.9. The van der Waals surface area contributed by atoms with Crippen molar-refractivity contribution in [2.24, 2.45) is 5.73 Å². The van der Waals surface area contributed by atoms with Crippen molar-refractivity contribution in [2.75, 3.05) is 0 Å². The molecule has 2 N–H and O–H groups in total. The molecule has 100 valence electrons. The van der Waals surface area contributed by atoms with Crippen LogP contribution in [0.3, 0.4) is 0 Å². The highest BCUT2D eigenvalue weighted by Crippen LogP contribution is 2.27. The topological polar surface area (TPSA) is 43.8 Å². The van der Waals surface area contributed by atoms with Crippen molar-refractivity contribution >= 4 is 15.9 Å². The van der Waals surface area contributed by atoms with Gasteiger partial charge in [-0.1, -0.05) is 18.6 Å². The van der Waals surface area contributed by atoms with Gasteiger partial charge in [0.25, 0.3) is 0 Å². The molecule has 3 nitrogen and oxygen atoms in total. The minimum Gasteiger partial charge on any atom is -0.324 e. The second-order valence-corrected chi connectivity index (χ2v) is 5.73. The quantitative estimate of drug-likeness (QED) is 0.868. The van der Waals surface area contributed by atoms with Gasteiger partial charge in [-0.25, -0.2) is 0 Å². The van der Waals surface area contributed by atoms with Crippen molar-refractivity contribution < 1.29 is 0 Å². The Balaban J connectivity index is 2.25. The summed E-state index contributed by atoms with van der Waals surface area (Å²) in [5, 5.41) is 4.64. The second-order valence-electron chi connectivity index (χ2n) is 4.93. The first-order chi connectivity index (χ1) is 8.65. The van der Waals surface area contributed by atoms with Crippen LogP contribution >= 0.6 is 15.9 Å². The van der Waals surface area contributed by atoms with E-state index in [9.17, 15) is 0 Å². The van der Waals surface area contributed by atoms with Crippen molar-refractivity contribution in [1.82, 2.24) is 9.78 Å². The maximum Gasteiger partial charge on any atom is 0.0766 e. The summed E-state index contributed by atoms with van der Waals surface area (Å²) in [6.07, 6.45) is 7.71. The van der Waals surface area contributed by atoms with Gasteiger partial charge in [0.2, 0.25) is 0 Å². The molecule has 4 heteroatoms. The van der Waals surface area contributed by atoms with E-state index < -0.39 is 0 Å². The van der Waals surface area contributed by atoms with E-state index in [4.69, 9.17) is 5.73 Å².